The summed E-state index contributed by atoms with van der Waals surface area (Å²) < 4.78 is 23.8. The molecular weight excluding hydrogens is 333 g/mol. The maximum Gasteiger partial charge on any atom is 0.313 e. The average Bonchev–Trinajstić information content (AvgIpc) is 2.98. The Kier molecular flexibility index (Phi) is 4.77. The van der Waals surface area contributed by atoms with Crippen LogP contribution >= 0.6 is 11.6 Å². The van der Waals surface area contributed by atoms with Crippen LogP contribution in [0.3, 0.4) is 0 Å². The minimum absolute atomic E-state index is 0.00813. The van der Waals surface area contributed by atoms with Crippen molar-refractivity contribution in [2.24, 2.45) is 0 Å². The quantitative estimate of drug-likeness (QED) is 0.750. The zero-order valence-corrected chi connectivity index (χ0v) is 13.2. The van der Waals surface area contributed by atoms with E-state index >= 15 is 0 Å². The summed E-state index contributed by atoms with van der Waals surface area (Å²) in [4.78, 5) is 0. The smallest absolute Gasteiger partial charge is 0.313 e. The molecule has 2 aromatic carbocycles. The summed E-state index contributed by atoms with van der Waals surface area (Å²) in [5.41, 5.74) is 6.90. The van der Waals surface area contributed by atoms with Crippen LogP contribution in [-0.4, -0.2) is 10.2 Å². The fourth-order valence-electron chi connectivity index (χ4n) is 2.01. The second kappa shape index (κ2) is 7.14. The van der Waals surface area contributed by atoms with Crippen molar-refractivity contribution >= 4 is 29.8 Å². The van der Waals surface area contributed by atoms with Crippen molar-refractivity contribution in [3.63, 3.8) is 0 Å². The van der Waals surface area contributed by atoms with Gasteiger partial charge in [0.15, 0.2) is 0 Å². The number of nitrogen functional groups attached to an aromatic ring is 1. The van der Waals surface area contributed by atoms with Crippen LogP contribution in [0.1, 0.15) is 17.0 Å². The third-order valence-corrected chi connectivity index (χ3v) is 3.41. The standard InChI is InChI=1S/C17H13ClFN3O2/c18-14-9-11(5-7-16-21-22-17(20)24-16)4-6-15(14)23-10-12-2-1-3-13(19)8-12/h1-9H,10H2,(H2,20,22)/b7-5+. The Morgan fingerprint density at radius 3 is 2.75 bits per heavy atom. The Labute approximate surface area is 142 Å². The number of rotatable bonds is 5. The van der Waals surface area contributed by atoms with Crippen LogP contribution in [0.5, 0.6) is 5.75 Å². The van der Waals surface area contributed by atoms with Gasteiger partial charge in [-0.1, -0.05) is 34.9 Å². The molecule has 0 aliphatic carbocycles. The maximum atomic E-state index is 13.1. The SMILES string of the molecule is Nc1nnc(/C=C/c2ccc(OCc3cccc(F)c3)c(Cl)c2)o1. The van der Waals surface area contributed by atoms with E-state index in [0.717, 1.165) is 11.1 Å². The van der Waals surface area contributed by atoms with Crippen LogP contribution in [0.25, 0.3) is 12.2 Å². The predicted octanol–water partition coefficient (Wildman–Crippen LogP) is 4.19. The fourth-order valence-corrected chi connectivity index (χ4v) is 2.25. The van der Waals surface area contributed by atoms with Crippen molar-refractivity contribution in [3.05, 3.63) is 70.3 Å². The van der Waals surface area contributed by atoms with E-state index in [4.69, 9.17) is 26.5 Å². The summed E-state index contributed by atoms with van der Waals surface area (Å²) in [6.45, 7) is 0.230. The molecule has 0 saturated heterocycles. The van der Waals surface area contributed by atoms with Gasteiger partial charge in [0.05, 0.1) is 5.02 Å². The second-order valence-electron chi connectivity index (χ2n) is 4.92. The van der Waals surface area contributed by atoms with Crippen molar-refractivity contribution in [1.82, 2.24) is 10.2 Å². The Bertz CT molecular complexity index is 880. The largest absolute Gasteiger partial charge is 0.487 e. The van der Waals surface area contributed by atoms with E-state index in [1.807, 2.05) is 6.07 Å². The molecule has 3 rings (SSSR count). The molecule has 0 saturated carbocycles. The number of halogens is 2. The van der Waals surface area contributed by atoms with Gasteiger partial charge in [0.25, 0.3) is 0 Å². The minimum Gasteiger partial charge on any atom is -0.487 e. The van der Waals surface area contributed by atoms with E-state index in [1.54, 1.807) is 36.4 Å². The van der Waals surface area contributed by atoms with Crippen LogP contribution in [0, 0.1) is 5.82 Å². The van der Waals surface area contributed by atoms with Gasteiger partial charge in [-0.15, -0.1) is 5.10 Å². The lowest BCUT2D eigenvalue weighted by atomic mass is 10.2. The summed E-state index contributed by atoms with van der Waals surface area (Å²) in [6.07, 6.45) is 3.39. The Morgan fingerprint density at radius 2 is 2.04 bits per heavy atom. The van der Waals surface area contributed by atoms with E-state index < -0.39 is 0 Å². The van der Waals surface area contributed by atoms with Gasteiger partial charge >= 0.3 is 6.01 Å². The van der Waals surface area contributed by atoms with Crippen LogP contribution in [0.4, 0.5) is 10.4 Å². The molecule has 0 spiro atoms. The number of nitrogens with two attached hydrogens (primary N) is 1. The summed E-state index contributed by atoms with van der Waals surface area (Å²) in [5.74, 6) is 0.513. The summed E-state index contributed by atoms with van der Waals surface area (Å²) in [6, 6.07) is 11.5. The fraction of sp³-hybridized carbons (Fsp3) is 0.0588. The van der Waals surface area contributed by atoms with Gasteiger partial charge in [0.2, 0.25) is 5.89 Å². The average molecular weight is 346 g/mol. The molecule has 0 aliphatic heterocycles. The highest BCUT2D eigenvalue weighted by Crippen LogP contribution is 2.27. The molecule has 24 heavy (non-hydrogen) atoms. The highest BCUT2D eigenvalue weighted by atomic mass is 35.5. The summed E-state index contributed by atoms with van der Waals surface area (Å²) in [7, 11) is 0. The van der Waals surface area contributed by atoms with Gasteiger partial charge < -0.3 is 14.9 Å². The van der Waals surface area contributed by atoms with Gasteiger partial charge in [-0.2, -0.15) is 0 Å². The molecule has 122 valence electrons. The molecule has 0 unspecified atom stereocenters. The zero-order chi connectivity index (χ0) is 16.9. The summed E-state index contributed by atoms with van der Waals surface area (Å²) in [5, 5.41) is 7.72. The first-order chi connectivity index (χ1) is 11.6. The van der Waals surface area contributed by atoms with E-state index in [1.165, 1.54) is 12.1 Å². The number of hydrogen-bond acceptors (Lipinski definition) is 5. The third-order valence-electron chi connectivity index (χ3n) is 3.11. The van der Waals surface area contributed by atoms with Crippen LogP contribution in [0.15, 0.2) is 46.9 Å². The molecule has 0 radical (unpaired) electrons. The molecular formula is C17H13ClFN3O2. The van der Waals surface area contributed by atoms with Crippen molar-refractivity contribution in [3.8, 4) is 5.75 Å². The van der Waals surface area contributed by atoms with E-state index in [2.05, 4.69) is 10.2 Å². The number of hydrogen-bond donors (Lipinski definition) is 1. The third kappa shape index (κ3) is 4.11. The Hall–Kier alpha value is -2.86. The topological polar surface area (TPSA) is 74.2 Å². The first kappa shape index (κ1) is 16.0. The second-order valence-corrected chi connectivity index (χ2v) is 5.33. The van der Waals surface area contributed by atoms with E-state index in [0.29, 0.717) is 16.7 Å². The van der Waals surface area contributed by atoms with Crippen molar-refractivity contribution < 1.29 is 13.5 Å². The minimum atomic E-state index is -0.302. The molecule has 0 aliphatic rings. The Balaban J connectivity index is 1.67. The van der Waals surface area contributed by atoms with Crippen LogP contribution in [-0.2, 0) is 6.61 Å². The number of anilines is 1. The Morgan fingerprint density at radius 1 is 1.17 bits per heavy atom. The van der Waals surface area contributed by atoms with Crippen LogP contribution in [0.2, 0.25) is 5.02 Å². The lowest BCUT2D eigenvalue weighted by Gasteiger charge is -2.08. The molecule has 1 heterocycles. The molecule has 0 bridgehead atoms. The van der Waals surface area contributed by atoms with Crippen LogP contribution < -0.4 is 10.5 Å². The molecule has 0 amide bonds. The van der Waals surface area contributed by atoms with Crippen molar-refractivity contribution in [2.45, 2.75) is 6.61 Å². The van der Waals surface area contributed by atoms with Gasteiger partial charge in [-0.05, 0) is 41.5 Å². The van der Waals surface area contributed by atoms with Gasteiger partial charge in [-0.3, -0.25) is 0 Å². The first-order valence-corrected chi connectivity index (χ1v) is 7.42. The number of ether oxygens (including phenoxy) is 1. The first-order valence-electron chi connectivity index (χ1n) is 7.04. The zero-order valence-electron chi connectivity index (χ0n) is 12.4. The number of nitrogens with zero attached hydrogens (tertiary/aromatic N) is 2. The highest BCUT2D eigenvalue weighted by molar-refractivity contribution is 6.32. The summed E-state index contributed by atoms with van der Waals surface area (Å²) >= 11 is 6.21. The number of benzene rings is 2. The maximum absolute atomic E-state index is 13.1. The van der Waals surface area contributed by atoms with Gasteiger partial charge in [-0.25, -0.2) is 4.39 Å². The highest BCUT2D eigenvalue weighted by Gasteiger charge is 2.04. The van der Waals surface area contributed by atoms with Gasteiger partial charge in [0, 0.05) is 6.08 Å². The molecule has 0 fully saturated rings. The normalized spacial score (nSPS) is 11.1. The lowest BCUT2D eigenvalue weighted by molar-refractivity contribution is 0.306. The molecule has 3 aromatic rings. The predicted molar refractivity (Wildman–Crippen MR) is 89.8 cm³/mol. The molecule has 1 aromatic heterocycles. The molecule has 0 atom stereocenters. The molecule has 5 nitrogen and oxygen atoms in total. The van der Waals surface area contributed by atoms with Crippen molar-refractivity contribution in [2.75, 3.05) is 5.73 Å². The van der Waals surface area contributed by atoms with Gasteiger partial charge in [0.1, 0.15) is 18.2 Å². The molecule has 2 N–H and O–H groups in total. The van der Waals surface area contributed by atoms with Crippen molar-refractivity contribution in [1.29, 1.82) is 0 Å². The monoisotopic (exact) mass is 345 g/mol. The van der Waals surface area contributed by atoms with E-state index in [9.17, 15) is 4.39 Å². The molecule has 7 heteroatoms. The number of aromatic nitrogens is 2. The van der Waals surface area contributed by atoms with E-state index in [-0.39, 0.29) is 18.4 Å². The lowest BCUT2D eigenvalue weighted by Crippen LogP contribution is -1.96.